The zero-order valence-corrected chi connectivity index (χ0v) is 71.8. The maximum atomic E-state index is 13.4. The first-order valence-corrected chi connectivity index (χ1v) is 40.5. The zero-order chi connectivity index (χ0) is 88.1. The maximum absolute atomic E-state index is 13.4. The average molecular weight is 1700 g/mol. The van der Waals surface area contributed by atoms with Crippen LogP contribution in [0.15, 0.2) is 206 Å². The van der Waals surface area contributed by atoms with Crippen LogP contribution in [0.5, 0.6) is 0 Å². The van der Waals surface area contributed by atoms with Crippen LogP contribution in [0, 0.1) is 41.4 Å². The molecule has 0 fully saturated rings. The van der Waals surface area contributed by atoms with Gasteiger partial charge in [-0.2, -0.15) is 4.58 Å². The molecular weight excluding hydrogens is 1570 g/mol. The second-order valence-corrected chi connectivity index (χ2v) is 32.0. The minimum Gasteiger partial charge on any atom is -0.481 e. The third-order valence-corrected chi connectivity index (χ3v) is 20.6. The van der Waals surface area contributed by atoms with Crippen molar-refractivity contribution in [1.29, 1.82) is 0 Å². The van der Waals surface area contributed by atoms with E-state index in [4.69, 9.17) is 0 Å². The van der Waals surface area contributed by atoms with Crippen molar-refractivity contribution in [2.45, 2.75) is 84.2 Å². The summed E-state index contributed by atoms with van der Waals surface area (Å²) < 4.78 is 40.0. The van der Waals surface area contributed by atoms with Crippen LogP contribution in [-0.4, -0.2) is 218 Å². The fourth-order valence-corrected chi connectivity index (χ4v) is 14.2. The van der Waals surface area contributed by atoms with Crippen molar-refractivity contribution in [2.75, 3.05) is 60.0 Å². The van der Waals surface area contributed by atoms with Gasteiger partial charge in [0.2, 0.25) is 99.2 Å². The number of nitrogens with zero attached hydrogens (tertiary/aromatic N) is 23. The van der Waals surface area contributed by atoms with Gasteiger partial charge in [0.05, 0.1) is 83.1 Å². The maximum Gasteiger partial charge on any atom is 0.412 e. The molecule has 0 bridgehead atoms. The van der Waals surface area contributed by atoms with Gasteiger partial charge in [-0.3, -0.25) is 33.6 Å². The highest BCUT2D eigenvalue weighted by atomic mass is 16.4. The highest BCUT2D eigenvalue weighted by Gasteiger charge is 2.36. The van der Waals surface area contributed by atoms with E-state index in [1.807, 2.05) is 385 Å². The summed E-state index contributed by atoms with van der Waals surface area (Å²) in [4.78, 5) is 105. The van der Waals surface area contributed by atoms with Gasteiger partial charge >= 0.3 is 36.6 Å². The van der Waals surface area contributed by atoms with Gasteiger partial charge in [-0.25, -0.2) is 91.9 Å². The number of aryl methyl sites for hydroxylation is 9. The normalized spacial score (nSPS) is 14.4. The van der Waals surface area contributed by atoms with Crippen LogP contribution in [0.3, 0.4) is 0 Å². The van der Waals surface area contributed by atoms with E-state index in [9.17, 15) is 58.8 Å². The van der Waals surface area contributed by atoms with E-state index in [1.165, 1.54) is 0 Å². The first-order chi connectivity index (χ1) is 58.2. The molecule has 3 aliphatic rings. The number of imidazole rings is 9. The predicted octanol–water partition coefficient (Wildman–Crippen LogP) is -6.51. The molecule has 12 heterocycles. The Morgan fingerprint density at radius 2 is 0.713 bits per heavy atom. The highest BCUT2D eigenvalue weighted by Crippen LogP contribution is 2.15. The van der Waals surface area contributed by atoms with Crippen molar-refractivity contribution in [3.05, 3.63) is 206 Å². The molecule has 40 nitrogen and oxygen atoms in total. The fraction of sp³-hybridized carbons (Fsp3) is 0.463. The van der Waals surface area contributed by atoms with Gasteiger partial charge in [0, 0.05) is 45.6 Å². The molecule has 122 heavy (non-hydrogen) atoms. The number of quaternary nitrogens is 1. The Hall–Kier alpha value is -13.6. The molecule has 0 spiro atoms. The summed E-state index contributed by atoms with van der Waals surface area (Å²) in [6.45, 7) is 10.3. The molecule has 9 N–H and O–H groups in total. The van der Waals surface area contributed by atoms with Crippen LogP contribution in [-0.2, 0) is 161 Å². The van der Waals surface area contributed by atoms with Crippen LogP contribution in [0.2, 0.25) is 0 Å². The number of aliphatic carboxylic acids is 4. The molecule has 40 heteroatoms. The third-order valence-electron chi connectivity index (χ3n) is 20.6. The lowest BCUT2D eigenvalue weighted by Crippen LogP contribution is -3.02. The summed E-state index contributed by atoms with van der Waals surface area (Å²) in [6, 6.07) is -1.01. The molecule has 652 valence electrons. The Morgan fingerprint density at radius 3 is 1.01 bits per heavy atom. The number of carbonyl (C=O) groups excluding carboxylic acids is 4. The van der Waals surface area contributed by atoms with E-state index in [-0.39, 0.29) is 49.1 Å². The topological polar surface area (TPSA) is 365 Å². The summed E-state index contributed by atoms with van der Waals surface area (Å²) >= 11 is 0. The van der Waals surface area contributed by atoms with Crippen molar-refractivity contribution in [3.63, 3.8) is 0 Å². The lowest BCUT2D eigenvalue weighted by molar-refractivity contribution is -0.725. The molecule has 9 aromatic heterocycles. The summed E-state index contributed by atoms with van der Waals surface area (Å²) in [5.41, 5.74) is 0. The molecule has 4 amide bonds. The van der Waals surface area contributed by atoms with E-state index in [1.54, 1.807) is 17.1 Å². The Bertz CT molecular complexity index is 4880. The lowest BCUT2D eigenvalue weighted by Gasteiger charge is -2.23. The summed E-state index contributed by atoms with van der Waals surface area (Å²) in [5.74, 6) is -8.06. The number of carbonyl (C=O) groups is 8. The quantitative estimate of drug-likeness (QED) is 0.0127. The van der Waals surface area contributed by atoms with Crippen molar-refractivity contribution in [1.82, 2.24) is 72.2 Å². The minimum atomic E-state index is -1.09. The van der Waals surface area contributed by atoms with Gasteiger partial charge in [0.25, 0.3) is 0 Å². The van der Waals surface area contributed by atoms with Crippen LogP contribution in [0.4, 0.5) is 0 Å². The van der Waals surface area contributed by atoms with E-state index in [0.29, 0.717) is 105 Å². The Kier molecular flexibility index (Phi) is 34.1. The standard InChI is InChI=1S/C30H43N10O4.C28H39N10O4.2C12H17N4O2/c1-33-9-13-37(21-33)17-25(18-38-14-10-34(2)22-38)28(41)31-8-6-5-7-27(30(43)44)32-29(42)26(19-39-15-11-35(3)23-39)20-40-16-12-36(4)24-40;1-31-5-9-35(19-31)15-24(16-36-10-6-32(2)20-36)26(39)29-13-23(28(41)42)14-30-27(40)25(17-37-11-7-33(3)21-37)18-38-12-8-34(4)22-38;2*1-13-3-5-15(9-13)7-11(12(17)18)8-16-6-4-14(2)10-16/h9-16,21-27H,5-8,17-20H2,1-4H3;5-12,19,21-25H,1,13-18,20H2,2-4H3;2*3-6,9-11H,7-8H2,1-2H3/q4*+1/p+9. The summed E-state index contributed by atoms with van der Waals surface area (Å²) in [7, 11) is 21.2. The number of amides is 4. The number of aromatic nitrogens is 18. The molecule has 0 aliphatic carbocycles. The molecule has 0 radical (unpaired) electrons. The molecule has 5 unspecified atom stereocenters. The van der Waals surface area contributed by atoms with E-state index >= 15 is 0 Å². The monoisotopic (exact) mass is 1690 g/mol. The number of carboxylic acids is 4. The molecule has 0 saturated heterocycles. The number of carboxylic acid groups (broad SMARTS) is 4. The molecule has 0 saturated carbocycles. The average Bonchev–Trinajstić information content (AvgIpc) is 1.79. The van der Waals surface area contributed by atoms with Gasteiger partial charge in [-0.05, 0) is 19.3 Å². The first-order valence-electron chi connectivity index (χ1n) is 40.5. The van der Waals surface area contributed by atoms with E-state index in [2.05, 4.69) is 28.0 Å². The number of nitrogens with one attached hydrogen (secondary N) is 5. The SMILES string of the molecule is C=[N+]1C=C[N+](CC(CN2C=CN(C)C2)C(=O)NCC(CNC(=O)C(Cn2cc[n+](C)c2)Cn2cc[n+](C)c2)C(=O)O)=C1.C[n+]1ccn(CC(Cn2cc[n+](C)c2)C(=O)NCCCCC(NC(=O)C(Cn2cc[n+](C)c2)C[N+]2=C[NH+](C)C=C2)C(=O)O)c1.C[n+]1ccn(CC(Cn2cc[n+](C)c2)C(=O)O)c1.C[n+]1ccn(CC(Cn2cc[n+](C)c2)C(=O)O)c1. The molecule has 0 aromatic carbocycles. The fourth-order valence-electron chi connectivity index (χ4n) is 14.2. The van der Waals surface area contributed by atoms with E-state index in [0.717, 1.165) is 4.90 Å². The molecule has 3 aliphatic heterocycles. The van der Waals surface area contributed by atoms with Crippen LogP contribution >= 0.6 is 0 Å². The second kappa shape index (κ2) is 45.0. The van der Waals surface area contributed by atoms with Crippen molar-refractivity contribution < 1.29 is 119 Å². The summed E-state index contributed by atoms with van der Waals surface area (Å²) in [5, 5.41) is 49.8. The Morgan fingerprint density at radius 1 is 0.385 bits per heavy atom. The van der Waals surface area contributed by atoms with Crippen LogP contribution in [0.1, 0.15) is 19.3 Å². The highest BCUT2D eigenvalue weighted by molar-refractivity contribution is 5.85. The van der Waals surface area contributed by atoms with Crippen LogP contribution < -0.4 is 67.3 Å². The smallest absolute Gasteiger partial charge is 0.412 e. The number of hydrogen-bond donors (Lipinski definition) is 9. The largest absolute Gasteiger partial charge is 0.481 e. The zero-order valence-electron chi connectivity index (χ0n) is 71.8. The van der Waals surface area contributed by atoms with Gasteiger partial charge in [0.1, 0.15) is 219 Å². The molecule has 5 atom stereocenters. The number of rotatable bonds is 42. The minimum absolute atomic E-state index is 0.0534. The van der Waals surface area contributed by atoms with Crippen molar-refractivity contribution in [3.8, 4) is 0 Å². The lowest BCUT2D eigenvalue weighted by atomic mass is 10.1. The number of unbranched alkanes of at least 4 members (excludes halogenated alkanes) is 1. The van der Waals surface area contributed by atoms with Gasteiger partial charge in [0.15, 0.2) is 19.3 Å². The predicted molar refractivity (Wildman–Crippen MR) is 434 cm³/mol. The van der Waals surface area contributed by atoms with Gasteiger partial charge in [-0.15, -0.1) is 9.15 Å². The molecular formula is C82H125N28O12+13. The summed E-state index contributed by atoms with van der Waals surface area (Å²) in [6.07, 6.45) is 67.9. The molecule has 9 aromatic rings. The third kappa shape index (κ3) is 30.7. The van der Waals surface area contributed by atoms with Gasteiger partial charge < -0.3 is 51.5 Å². The van der Waals surface area contributed by atoms with Crippen LogP contribution in [0.25, 0.3) is 0 Å². The van der Waals surface area contributed by atoms with Crippen molar-refractivity contribution in [2.24, 2.45) is 105 Å². The Labute approximate surface area is 709 Å². The van der Waals surface area contributed by atoms with Gasteiger partial charge in [-0.1, -0.05) is 0 Å². The second-order valence-electron chi connectivity index (χ2n) is 32.0. The molecule has 12 rings (SSSR count). The number of hydrogen-bond acceptors (Lipinski definition) is 10. The Balaban J connectivity index is 0.000000199. The van der Waals surface area contributed by atoms with Crippen molar-refractivity contribution >= 4 is 66.9 Å². The van der Waals surface area contributed by atoms with E-state index < -0.39 is 65.4 Å². The first kappa shape index (κ1) is 92.3.